The zero-order chi connectivity index (χ0) is 39.6. The van der Waals surface area contributed by atoms with Crippen LogP contribution < -0.4 is 0 Å². The summed E-state index contributed by atoms with van der Waals surface area (Å²) in [4.78, 5) is 5.28. The highest BCUT2D eigenvalue weighted by molar-refractivity contribution is 6.22. The molecule has 2 aliphatic carbocycles. The summed E-state index contributed by atoms with van der Waals surface area (Å²) < 4.78 is 2.30. The molecule has 0 saturated heterocycles. The molecule has 59 heavy (non-hydrogen) atoms. The predicted molar refractivity (Wildman–Crippen MR) is 248 cm³/mol. The minimum atomic E-state index is -0.144. The first kappa shape index (κ1) is 34.0. The largest absolute Gasteiger partial charge is 0.292 e. The van der Waals surface area contributed by atoms with Crippen LogP contribution in [0.1, 0.15) is 49.9 Å². The second-order valence-corrected chi connectivity index (χ2v) is 17.5. The zero-order valence-corrected chi connectivity index (χ0v) is 33.7. The topological polar surface area (TPSA) is 17.8 Å². The molecule has 0 fully saturated rings. The lowest BCUT2D eigenvalue weighted by Gasteiger charge is -2.25. The molecule has 12 rings (SSSR count). The van der Waals surface area contributed by atoms with Crippen molar-refractivity contribution in [1.82, 2.24) is 9.55 Å². The molecular formula is C57H42N2. The van der Waals surface area contributed by atoms with Gasteiger partial charge in [0.2, 0.25) is 0 Å². The van der Waals surface area contributed by atoms with Crippen LogP contribution in [0.25, 0.3) is 94.2 Å². The van der Waals surface area contributed by atoms with Crippen molar-refractivity contribution in [2.24, 2.45) is 0 Å². The summed E-state index contributed by atoms with van der Waals surface area (Å²) in [6.45, 7) is 9.54. The summed E-state index contributed by atoms with van der Waals surface area (Å²) in [5, 5.41) is 5.06. The van der Waals surface area contributed by atoms with E-state index in [4.69, 9.17) is 4.98 Å². The number of rotatable bonds is 4. The Morgan fingerprint density at radius 3 is 1.64 bits per heavy atom. The minimum Gasteiger partial charge on any atom is -0.292 e. The normalized spacial score (nSPS) is 14.4. The lowest BCUT2D eigenvalue weighted by Crippen LogP contribution is -2.15. The number of aromatic nitrogens is 2. The Morgan fingerprint density at radius 1 is 0.373 bits per heavy atom. The second kappa shape index (κ2) is 12.2. The molecule has 2 nitrogen and oxygen atoms in total. The SMILES string of the molecule is CC1(C)c2ccccc2-c2ccc(-c3c4ccccc4c(-c4cccc(-c5nc6ccccc6n5-c5ccccc5)c4)c4cc5c(cc34)-c3ccccc3C5(C)C)cc21. The zero-order valence-electron chi connectivity index (χ0n) is 33.7. The first-order chi connectivity index (χ1) is 28.8. The van der Waals surface area contributed by atoms with E-state index in [1.54, 1.807) is 0 Å². The van der Waals surface area contributed by atoms with Gasteiger partial charge >= 0.3 is 0 Å². The summed E-state index contributed by atoms with van der Waals surface area (Å²) >= 11 is 0. The fraction of sp³-hybridized carbons (Fsp3) is 0.105. The number of benzene rings is 9. The summed E-state index contributed by atoms with van der Waals surface area (Å²) in [5.41, 5.74) is 19.9. The molecule has 10 aromatic rings. The van der Waals surface area contributed by atoms with Crippen molar-refractivity contribution in [2.45, 2.75) is 38.5 Å². The van der Waals surface area contributed by atoms with Crippen molar-refractivity contribution in [3.05, 3.63) is 204 Å². The summed E-state index contributed by atoms with van der Waals surface area (Å²) in [7, 11) is 0. The Hall–Kier alpha value is -7.03. The molecule has 1 aromatic heterocycles. The first-order valence-corrected chi connectivity index (χ1v) is 20.8. The Morgan fingerprint density at radius 2 is 0.915 bits per heavy atom. The van der Waals surface area contributed by atoms with Crippen LogP contribution in [0.3, 0.4) is 0 Å². The van der Waals surface area contributed by atoms with Crippen molar-refractivity contribution >= 4 is 32.6 Å². The molecule has 2 aliphatic rings. The molecule has 0 aliphatic heterocycles. The van der Waals surface area contributed by atoms with Crippen molar-refractivity contribution in [3.63, 3.8) is 0 Å². The van der Waals surface area contributed by atoms with E-state index in [9.17, 15) is 0 Å². The van der Waals surface area contributed by atoms with Crippen LogP contribution in [0.5, 0.6) is 0 Å². The number of hydrogen-bond donors (Lipinski definition) is 0. The van der Waals surface area contributed by atoms with Crippen molar-refractivity contribution in [3.8, 4) is 61.6 Å². The van der Waals surface area contributed by atoms with Gasteiger partial charge in [0.15, 0.2) is 0 Å². The highest BCUT2D eigenvalue weighted by Crippen LogP contribution is 2.55. The van der Waals surface area contributed by atoms with Gasteiger partial charge in [-0.2, -0.15) is 0 Å². The van der Waals surface area contributed by atoms with E-state index in [0.29, 0.717) is 0 Å². The summed E-state index contributed by atoms with van der Waals surface area (Å²) in [6.07, 6.45) is 0. The minimum absolute atomic E-state index is 0.103. The summed E-state index contributed by atoms with van der Waals surface area (Å²) in [6, 6.07) is 67.5. The number of nitrogens with zero attached hydrogens (tertiary/aromatic N) is 2. The van der Waals surface area contributed by atoms with E-state index in [0.717, 1.165) is 28.1 Å². The standard InChI is InChI=1S/C57H42N2/c1-56(2)47-25-12-10-21-39(47)41-30-29-36(32-49(41)56)54-43-24-9-8-23-42(43)53(46-34-50-44(33-45(46)54)40-22-11-13-26-48(40)57(50,3)4)35-17-16-18-37(31-35)55-58-51-27-14-15-28-52(51)59(55)38-19-6-5-7-20-38/h5-34H,1-4H3. The number of hydrogen-bond acceptors (Lipinski definition) is 1. The third-order valence-corrected chi connectivity index (χ3v) is 13.6. The molecular weight excluding hydrogens is 713 g/mol. The van der Waals surface area contributed by atoms with Crippen LogP contribution in [-0.2, 0) is 10.8 Å². The number of imidazole rings is 1. The van der Waals surface area contributed by atoms with Gasteiger partial charge in [-0.3, -0.25) is 4.57 Å². The van der Waals surface area contributed by atoms with Crippen LogP contribution in [0.4, 0.5) is 0 Å². The van der Waals surface area contributed by atoms with Gasteiger partial charge in [-0.05, 0) is 137 Å². The van der Waals surface area contributed by atoms with Crippen molar-refractivity contribution in [1.29, 1.82) is 0 Å². The van der Waals surface area contributed by atoms with E-state index >= 15 is 0 Å². The quantitative estimate of drug-likeness (QED) is 0.164. The van der Waals surface area contributed by atoms with E-state index in [1.807, 2.05) is 0 Å². The fourth-order valence-electron chi connectivity index (χ4n) is 10.7. The Labute approximate surface area is 345 Å². The van der Waals surface area contributed by atoms with Crippen LogP contribution >= 0.6 is 0 Å². The molecule has 0 atom stereocenters. The van der Waals surface area contributed by atoms with Gasteiger partial charge in [-0.25, -0.2) is 4.98 Å². The second-order valence-electron chi connectivity index (χ2n) is 17.5. The van der Waals surface area contributed by atoms with Gasteiger partial charge in [-0.1, -0.05) is 161 Å². The average Bonchev–Trinajstić information content (AvgIpc) is 3.85. The molecule has 280 valence electrons. The van der Waals surface area contributed by atoms with E-state index < -0.39 is 0 Å². The number of para-hydroxylation sites is 3. The molecule has 0 saturated carbocycles. The van der Waals surface area contributed by atoms with E-state index in [1.165, 1.54) is 88.3 Å². The number of fused-ring (bicyclic) bond motifs is 9. The molecule has 1 heterocycles. The van der Waals surface area contributed by atoms with Gasteiger partial charge in [-0.15, -0.1) is 0 Å². The van der Waals surface area contributed by atoms with Crippen LogP contribution in [-0.4, -0.2) is 9.55 Å². The van der Waals surface area contributed by atoms with E-state index in [2.05, 4.69) is 214 Å². The molecule has 0 spiro atoms. The van der Waals surface area contributed by atoms with Crippen LogP contribution in [0.2, 0.25) is 0 Å². The Kier molecular flexibility index (Phi) is 7.06. The van der Waals surface area contributed by atoms with Crippen molar-refractivity contribution in [2.75, 3.05) is 0 Å². The summed E-state index contributed by atoms with van der Waals surface area (Å²) in [5.74, 6) is 0.934. The highest BCUT2D eigenvalue weighted by Gasteiger charge is 2.38. The van der Waals surface area contributed by atoms with Crippen LogP contribution in [0, 0.1) is 0 Å². The maximum Gasteiger partial charge on any atom is 0.145 e. The van der Waals surface area contributed by atoms with Gasteiger partial charge in [0.05, 0.1) is 11.0 Å². The Balaban J connectivity index is 1.16. The molecule has 2 heteroatoms. The van der Waals surface area contributed by atoms with Gasteiger partial charge in [0.25, 0.3) is 0 Å². The smallest absolute Gasteiger partial charge is 0.145 e. The van der Waals surface area contributed by atoms with Crippen LogP contribution in [0.15, 0.2) is 182 Å². The molecule has 0 bridgehead atoms. The monoisotopic (exact) mass is 754 g/mol. The highest BCUT2D eigenvalue weighted by atomic mass is 15.1. The Bertz CT molecular complexity index is 3380. The van der Waals surface area contributed by atoms with Crippen molar-refractivity contribution < 1.29 is 0 Å². The van der Waals surface area contributed by atoms with Gasteiger partial charge in [0, 0.05) is 22.1 Å². The predicted octanol–water partition coefficient (Wildman–Crippen LogP) is 14.9. The lowest BCUT2D eigenvalue weighted by molar-refractivity contribution is 0.660. The lowest BCUT2D eigenvalue weighted by atomic mass is 9.78. The van der Waals surface area contributed by atoms with Gasteiger partial charge < -0.3 is 0 Å². The average molecular weight is 755 g/mol. The molecule has 9 aromatic carbocycles. The molecule has 0 amide bonds. The maximum absolute atomic E-state index is 5.28. The third-order valence-electron chi connectivity index (χ3n) is 13.6. The molecule has 0 radical (unpaired) electrons. The first-order valence-electron chi connectivity index (χ1n) is 20.8. The van der Waals surface area contributed by atoms with E-state index in [-0.39, 0.29) is 10.8 Å². The molecule has 0 N–H and O–H groups in total. The maximum atomic E-state index is 5.28. The van der Waals surface area contributed by atoms with Gasteiger partial charge in [0.1, 0.15) is 5.82 Å². The fourth-order valence-corrected chi connectivity index (χ4v) is 10.7. The molecule has 0 unspecified atom stereocenters. The third kappa shape index (κ3) is 4.78.